The predicted octanol–water partition coefficient (Wildman–Crippen LogP) is 3.62. The maximum absolute atomic E-state index is 11.9. The third-order valence-electron chi connectivity index (χ3n) is 3.87. The molecule has 0 spiro atoms. The quantitative estimate of drug-likeness (QED) is 0.635. The summed E-state index contributed by atoms with van der Waals surface area (Å²) in [5.41, 5.74) is 1.73. The molecule has 1 aliphatic heterocycles. The molecule has 0 bridgehead atoms. The van der Waals surface area contributed by atoms with Crippen molar-refractivity contribution in [3.63, 3.8) is 0 Å². The molecule has 3 nitrogen and oxygen atoms in total. The summed E-state index contributed by atoms with van der Waals surface area (Å²) >= 11 is 12.5. The smallest absolute Gasteiger partial charge is 0.328 e. The number of hydrogen-bond acceptors (Lipinski definition) is 3. The number of halogens is 2. The highest BCUT2D eigenvalue weighted by atomic mass is 35.5. The van der Waals surface area contributed by atoms with Gasteiger partial charge in [0.1, 0.15) is 6.04 Å². The summed E-state index contributed by atoms with van der Waals surface area (Å²) in [6, 6.07) is 3.16. The number of carbonyl (C=O) groups is 1. The molecule has 1 aliphatic carbocycles. The van der Waals surface area contributed by atoms with Gasteiger partial charge >= 0.3 is 5.97 Å². The van der Waals surface area contributed by atoms with Crippen LogP contribution in [0.25, 0.3) is 0 Å². The van der Waals surface area contributed by atoms with Crippen molar-refractivity contribution >= 4 is 34.9 Å². The van der Waals surface area contributed by atoms with Crippen molar-refractivity contribution in [1.82, 2.24) is 0 Å². The Bertz CT molecular complexity index is 571. The van der Waals surface area contributed by atoms with Gasteiger partial charge in [0.25, 0.3) is 0 Å². The number of methoxy groups -OCH3 is 1. The van der Waals surface area contributed by atoms with Gasteiger partial charge in [-0.05, 0) is 18.6 Å². The van der Waals surface area contributed by atoms with Crippen molar-refractivity contribution in [2.45, 2.75) is 18.4 Å². The van der Waals surface area contributed by atoms with Crippen LogP contribution >= 0.6 is 23.2 Å². The van der Waals surface area contributed by atoms with E-state index in [0.29, 0.717) is 10.0 Å². The molecule has 1 aromatic carbocycles. The SMILES string of the molecule is COC(=O)[C@@H]1Nc2c(Cl)ccc(Cl)c2[C@@H]2C=CC[C@H]12. The lowest BCUT2D eigenvalue weighted by atomic mass is 9.79. The molecule has 100 valence electrons. The molecule has 5 heteroatoms. The van der Waals surface area contributed by atoms with Gasteiger partial charge in [-0.1, -0.05) is 35.4 Å². The molecule has 1 aromatic rings. The number of carbonyl (C=O) groups excluding carboxylic acids is 1. The first-order valence-electron chi connectivity index (χ1n) is 6.12. The Hall–Kier alpha value is -1.19. The predicted molar refractivity (Wildman–Crippen MR) is 75.9 cm³/mol. The maximum atomic E-state index is 11.9. The normalized spacial score (nSPS) is 27.4. The van der Waals surface area contributed by atoms with E-state index >= 15 is 0 Å². The number of fused-ring (bicyclic) bond motifs is 3. The lowest BCUT2D eigenvalue weighted by Crippen LogP contribution is -2.42. The Kier molecular flexibility index (Phi) is 3.19. The van der Waals surface area contributed by atoms with Crippen molar-refractivity contribution < 1.29 is 9.53 Å². The molecule has 0 fully saturated rings. The molecule has 0 aromatic heterocycles. The fourth-order valence-electron chi connectivity index (χ4n) is 2.99. The number of hydrogen-bond donors (Lipinski definition) is 1. The molecule has 0 saturated heterocycles. The third-order valence-corrected chi connectivity index (χ3v) is 4.52. The minimum absolute atomic E-state index is 0.117. The Labute approximate surface area is 121 Å². The first-order chi connectivity index (χ1) is 9.13. The summed E-state index contributed by atoms with van der Waals surface area (Å²) in [5.74, 6) is -0.0112. The summed E-state index contributed by atoms with van der Waals surface area (Å²) in [4.78, 5) is 11.9. The zero-order valence-electron chi connectivity index (χ0n) is 10.3. The van der Waals surface area contributed by atoms with Gasteiger partial charge in [0, 0.05) is 22.4 Å². The van der Waals surface area contributed by atoms with Crippen molar-refractivity contribution in [2.75, 3.05) is 12.4 Å². The van der Waals surface area contributed by atoms with Crippen LogP contribution in [0.4, 0.5) is 5.69 Å². The van der Waals surface area contributed by atoms with Crippen LogP contribution in [0.1, 0.15) is 17.9 Å². The highest BCUT2D eigenvalue weighted by Gasteiger charge is 2.42. The Morgan fingerprint density at radius 1 is 1.37 bits per heavy atom. The zero-order valence-corrected chi connectivity index (χ0v) is 11.8. The van der Waals surface area contributed by atoms with Crippen molar-refractivity contribution in [3.05, 3.63) is 39.9 Å². The van der Waals surface area contributed by atoms with E-state index in [1.54, 1.807) is 12.1 Å². The van der Waals surface area contributed by atoms with Gasteiger partial charge < -0.3 is 10.1 Å². The molecule has 0 radical (unpaired) electrons. The van der Waals surface area contributed by atoms with Crippen molar-refractivity contribution in [1.29, 1.82) is 0 Å². The summed E-state index contributed by atoms with van der Waals surface area (Å²) in [6.45, 7) is 0. The number of benzene rings is 1. The van der Waals surface area contributed by atoms with Crippen LogP contribution in [-0.4, -0.2) is 19.1 Å². The van der Waals surface area contributed by atoms with Gasteiger partial charge in [-0.25, -0.2) is 4.79 Å². The van der Waals surface area contributed by atoms with Crippen LogP contribution in [0.2, 0.25) is 10.0 Å². The minimum atomic E-state index is -0.381. The largest absolute Gasteiger partial charge is 0.467 e. The lowest BCUT2D eigenvalue weighted by Gasteiger charge is -2.36. The average molecular weight is 298 g/mol. The summed E-state index contributed by atoms with van der Waals surface area (Å²) < 4.78 is 4.88. The van der Waals surface area contributed by atoms with Crippen molar-refractivity contribution in [2.24, 2.45) is 5.92 Å². The Balaban J connectivity index is 2.12. The first-order valence-corrected chi connectivity index (χ1v) is 6.88. The van der Waals surface area contributed by atoms with Gasteiger partial charge in [-0.3, -0.25) is 0 Å². The second kappa shape index (κ2) is 4.73. The van der Waals surface area contributed by atoms with Crippen LogP contribution in [0, 0.1) is 5.92 Å². The second-order valence-electron chi connectivity index (χ2n) is 4.82. The lowest BCUT2D eigenvalue weighted by molar-refractivity contribution is -0.142. The molecule has 0 unspecified atom stereocenters. The zero-order chi connectivity index (χ0) is 13.6. The van der Waals surface area contributed by atoms with Crippen molar-refractivity contribution in [3.8, 4) is 0 Å². The second-order valence-corrected chi connectivity index (χ2v) is 5.63. The molecule has 3 atom stereocenters. The summed E-state index contributed by atoms with van der Waals surface area (Å²) in [6.07, 6.45) is 5.02. The van der Waals surface area contributed by atoms with Gasteiger partial charge in [-0.15, -0.1) is 0 Å². The van der Waals surface area contributed by atoms with Gasteiger partial charge in [0.2, 0.25) is 0 Å². The van der Waals surface area contributed by atoms with Gasteiger partial charge in [0.15, 0.2) is 0 Å². The first kappa shape index (κ1) is 12.8. The molecule has 0 amide bonds. The Morgan fingerprint density at radius 2 is 2.11 bits per heavy atom. The van der Waals surface area contributed by atoms with E-state index in [4.69, 9.17) is 27.9 Å². The highest BCUT2D eigenvalue weighted by Crippen LogP contribution is 2.49. The molecule has 19 heavy (non-hydrogen) atoms. The number of allylic oxidation sites excluding steroid dienone is 2. The van der Waals surface area contributed by atoms with Crippen LogP contribution in [0.3, 0.4) is 0 Å². The number of nitrogens with one attached hydrogen (secondary N) is 1. The highest BCUT2D eigenvalue weighted by molar-refractivity contribution is 6.36. The monoisotopic (exact) mass is 297 g/mol. The van der Waals surface area contributed by atoms with Crippen LogP contribution < -0.4 is 5.32 Å². The number of ether oxygens (including phenoxy) is 1. The molecular formula is C14H13Cl2NO2. The fourth-order valence-corrected chi connectivity index (χ4v) is 3.49. The van der Waals surface area contributed by atoms with E-state index in [1.807, 2.05) is 0 Å². The molecule has 1 N–H and O–H groups in total. The topological polar surface area (TPSA) is 38.3 Å². The average Bonchev–Trinajstić information content (AvgIpc) is 2.90. The molecule has 3 rings (SSSR count). The minimum Gasteiger partial charge on any atom is -0.467 e. The van der Waals surface area contributed by atoms with Gasteiger partial charge in [-0.2, -0.15) is 0 Å². The van der Waals surface area contributed by atoms with Gasteiger partial charge in [0.05, 0.1) is 17.8 Å². The third kappa shape index (κ3) is 1.92. The van der Waals surface area contributed by atoms with E-state index in [1.165, 1.54) is 7.11 Å². The van der Waals surface area contributed by atoms with E-state index in [-0.39, 0.29) is 23.8 Å². The molecule has 2 aliphatic rings. The van der Waals surface area contributed by atoms with E-state index < -0.39 is 0 Å². The van der Waals surface area contributed by atoms with E-state index in [0.717, 1.165) is 17.7 Å². The molecule has 1 heterocycles. The number of anilines is 1. The van der Waals surface area contributed by atoms with Crippen LogP contribution in [0.15, 0.2) is 24.3 Å². The van der Waals surface area contributed by atoms with Crippen LogP contribution in [-0.2, 0) is 9.53 Å². The molecule has 0 saturated carbocycles. The van der Waals surface area contributed by atoms with E-state index in [9.17, 15) is 4.79 Å². The van der Waals surface area contributed by atoms with Crippen LogP contribution in [0.5, 0.6) is 0 Å². The summed E-state index contributed by atoms with van der Waals surface area (Å²) in [7, 11) is 1.40. The fraction of sp³-hybridized carbons (Fsp3) is 0.357. The number of esters is 1. The molecular weight excluding hydrogens is 285 g/mol. The standard InChI is InChI=1S/C14H13Cl2NO2/c1-19-14(18)12-8-4-2-3-7(8)11-9(15)5-6-10(16)13(11)17-12/h2-3,5-8,12,17H,4H2,1H3/t7-,8+,12-/m1/s1. The maximum Gasteiger partial charge on any atom is 0.328 e. The summed E-state index contributed by atoms with van der Waals surface area (Å²) in [5, 5.41) is 4.45. The van der Waals surface area contributed by atoms with E-state index in [2.05, 4.69) is 17.5 Å². The number of rotatable bonds is 1. The Morgan fingerprint density at radius 3 is 2.84 bits per heavy atom.